The number of hydrogen-bond acceptors (Lipinski definition) is 3. The van der Waals surface area contributed by atoms with Gasteiger partial charge in [0, 0.05) is 18.3 Å². The maximum absolute atomic E-state index is 12.2. The second-order valence-corrected chi connectivity index (χ2v) is 5.71. The largest absolute Gasteiger partial charge is 0.369 e. The van der Waals surface area contributed by atoms with Crippen LogP contribution >= 0.6 is 11.6 Å². The summed E-state index contributed by atoms with van der Waals surface area (Å²) in [5.74, 6) is 0.523. The topological polar surface area (TPSA) is 54.0 Å². The standard InChI is InChI=1S/C14H20ClN3O/c1-3-16-12-11(15)8-10(9-17-12)13(19)18-14(2)6-4-5-7-14/h8-9H,3-7H2,1-2H3,(H,16,17)(H,18,19). The molecule has 104 valence electrons. The van der Waals surface area contributed by atoms with E-state index in [1.807, 2.05) is 6.92 Å². The van der Waals surface area contributed by atoms with Crippen molar-refractivity contribution in [1.82, 2.24) is 10.3 Å². The number of carbonyl (C=O) groups excluding carboxylic acids is 1. The molecule has 1 amide bonds. The molecule has 2 N–H and O–H groups in total. The lowest BCUT2D eigenvalue weighted by atomic mass is 10.0. The van der Waals surface area contributed by atoms with Gasteiger partial charge in [-0.15, -0.1) is 0 Å². The fourth-order valence-electron chi connectivity index (χ4n) is 2.49. The van der Waals surface area contributed by atoms with Gasteiger partial charge in [0.2, 0.25) is 0 Å². The average Bonchev–Trinajstić information content (AvgIpc) is 2.78. The first-order chi connectivity index (χ1) is 9.04. The number of aromatic nitrogens is 1. The Bertz CT molecular complexity index is 470. The molecule has 0 saturated heterocycles. The SMILES string of the molecule is CCNc1ncc(C(=O)NC2(C)CCCC2)cc1Cl. The Balaban J connectivity index is 2.09. The molecule has 1 heterocycles. The lowest BCUT2D eigenvalue weighted by molar-refractivity contribution is 0.0908. The summed E-state index contributed by atoms with van der Waals surface area (Å²) in [6.45, 7) is 4.82. The second-order valence-electron chi connectivity index (χ2n) is 5.31. The normalized spacial score (nSPS) is 17.2. The van der Waals surface area contributed by atoms with Crippen molar-refractivity contribution in [2.45, 2.75) is 45.1 Å². The van der Waals surface area contributed by atoms with Gasteiger partial charge in [-0.3, -0.25) is 4.79 Å². The number of hydrogen-bond donors (Lipinski definition) is 2. The fourth-order valence-corrected chi connectivity index (χ4v) is 2.72. The molecule has 0 aromatic carbocycles. The van der Waals surface area contributed by atoms with Crippen LogP contribution in [-0.4, -0.2) is 23.0 Å². The predicted octanol–water partition coefficient (Wildman–Crippen LogP) is 3.23. The summed E-state index contributed by atoms with van der Waals surface area (Å²) in [5.41, 5.74) is 0.434. The Morgan fingerprint density at radius 1 is 1.47 bits per heavy atom. The van der Waals surface area contributed by atoms with E-state index in [4.69, 9.17) is 11.6 Å². The molecule has 0 atom stereocenters. The van der Waals surface area contributed by atoms with Crippen LogP contribution in [0.1, 0.15) is 49.9 Å². The minimum absolute atomic E-state index is 0.0795. The van der Waals surface area contributed by atoms with Crippen molar-refractivity contribution in [1.29, 1.82) is 0 Å². The minimum Gasteiger partial charge on any atom is -0.369 e. The number of rotatable bonds is 4. The predicted molar refractivity (Wildman–Crippen MR) is 77.7 cm³/mol. The lowest BCUT2D eigenvalue weighted by Crippen LogP contribution is -2.43. The summed E-state index contributed by atoms with van der Waals surface area (Å²) in [5, 5.41) is 6.62. The Morgan fingerprint density at radius 2 is 2.16 bits per heavy atom. The molecule has 1 aromatic heterocycles. The van der Waals surface area contributed by atoms with Crippen molar-refractivity contribution in [3.63, 3.8) is 0 Å². The van der Waals surface area contributed by atoms with Crippen molar-refractivity contribution >= 4 is 23.3 Å². The zero-order chi connectivity index (χ0) is 13.9. The van der Waals surface area contributed by atoms with Crippen molar-refractivity contribution in [3.05, 3.63) is 22.8 Å². The highest BCUT2D eigenvalue weighted by molar-refractivity contribution is 6.33. The van der Waals surface area contributed by atoms with E-state index in [1.165, 1.54) is 12.8 Å². The van der Waals surface area contributed by atoms with Crippen LogP contribution in [-0.2, 0) is 0 Å². The van der Waals surface area contributed by atoms with Crippen LogP contribution in [0.5, 0.6) is 0 Å². The number of anilines is 1. The third-order valence-corrected chi connectivity index (χ3v) is 3.86. The molecule has 1 aliphatic carbocycles. The molecule has 0 spiro atoms. The molecular formula is C14H20ClN3O. The molecular weight excluding hydrogens is 262 g/mol. The van der Waals surface area contributed by atoms with Crippen molar-refractivity contribution in [3.8, 4) is 0 Å². The number of nitrogens with zero attached hydrogens (tertiary/aromatic N) is 1. The van der Waals surface area contributed by atoms with Gasteiger partial charge in [0.1, 0.15) is 5.82 Å². The summed E-state index contributed by atoms with van der Waals surface area (Å²) < 4.78 is 0. The van der Waals surface area contributed by atoms with Gasteiger partial charge in [-0.2, -0.15) is 0 Å². The Kier molecular flexibility index (Phi) is 4.30. The van der Waals surface area contributed by atoms with Crippen LogP contribution in [0.2, 0.25) is 5.02 Å². The molecule has 1 saturated carbocycles. The van der Waals surface area contributed by atoms with E-state index in [9.17, 15) is 4.79 Å². The van der Waals surface area contributed by atoms with E-state index in [0.29, 0.717) is 16.4 Å². The molecule has 2 rings (SSSR count). The smallest absolute Gasteiger partial charge is 0.253 e. The van der Waals surface area contributed by atoms with Gasteiger partial charge in [-0.05, 0) is 32.8 Å². The highest BCUT2D eigenvalue weighted by Gasteiger charge is 2.30. The summed E-state index contributed by atoms with van der Waals surface area (Å²) in [7, 11) is 0. The number of halogens is 1. The third kappa shape index (κ3) is 3.38. The highest BCUT2D eigenvalue weighted by Crippen LogP contribution is 2.29. The zero-order valence-electron chi connectivity index (χ0n) is 11.4. The van der Waals surface area contributed by atoms with Crippen LogP contribution in [0.4, 0.5) is 5.82 Å². The van der Waals surface area contributed by atoms with E-state index in [0.717, 1.165) is 19.4 Å². The number of carbonyl (C=O) groups is 1. The maximum atomic E-state index is 12.2. The fraction of sp³-hybridized carbons (Fsp3) is 0.571. The van der Waals surface area contributed by atoms with Gasteiger partial charge in [-0.1, -0.05) is 24.4 Å². The minimum atomic E-state index is -0.0955. The van der Waals surface area contributed by atoms with Crippen LogP contribution in [0.25, 0.3) is 0 Å². The maximum Gasteiger partial charge on any atom is 0.253 e. The lowest BCUT2D eigenvalue weighted by Gasteiger charge is -2.25. The third-order valence-electron chi connectivity index (χ3n) is 3.57. The van der Waals surface area contributed by atoms with Crippen molar-refractivity contribution < 1.29 is 4.79 Å². The van der Waals surface area contributed by atoms with E-state index < -0.39 is 0 Å². The summed E-state index contributed by atoms with van der Waals surface area (Å²) in [6, 6.07) is 1.67. The zero-order valence-corrected chi connectivity index (χ0v) is 12.2. The van der Waals surface area contributed by atoms with Crippen molar-refractivity contribution in [2.24, 2.45) is 0 Å². The van der Waals surface area contributed by atoms with Crippen LogP contribution in [0.3, 0.4) is 0 Å². The first-order valence-corrected chi connectivity index (χ1v) is 7.14. The molecule has 1 aliphatic rings. The number of amides is 1. The summed E-state index contributed by atoms with van der Waals surface area (Å²) in [6.07, 6.45) is 5.99. The van der Waals surface area contributed by atoms with Gasteiger partial charge < -0.3 is 10.6 Å². The second kappa shape index (κ2) is 5.78. The van der Waals surface area contributed by atoms with Gasteiger partial charge in [0.25, 0.3) is 5.91 Å². The van der Waals surface area contributed by atoms with Crippen molar-refractivity contribution in [2.75, 3.05) is 11.9 Å². The first kappa shape index (κ1) is 14.1. The summed E-state index contributed by atoms with van der Waals surface area (Å²) >= 11 is 6.10. The first-order valence-electron chi connectivity index (χ1n) is 6.76. The van der Waals surface area contributed by atoms with Crippen LogP contribution in [0.15, 0.2) is 12.3 Å². The number of nitrogens with one attached hydrogen (secondary N) is 2. The van der Waals surface area contributed by atoms with Gasteiger partial charge in [0.15, 0.2) is 0 Å². The molecule has 19 heavy (non-hydrogen) atoms. The van der Waals surface area contributed by atoms with Gasteiger partial charge in [0.05, 0.1) is 10.6 Å². The quantitative estimate of drug-likeness (QED) is 0.891. The molecule has 5 heteroatoms. The van der Waals surface area contributed by atoms with Crippen LogP contribution < -0.4 is 10.6 Å². The molecule has 0 bridgehead atoms. The molecule has 1 aromatic rings. The van der Waals surface area contributed by atoms with E-state index in [-0.39, 0.29) is 11.4 Å². The molecule has 0 radical (unpaired) electrons. The number of pyridine rings is 1. The summed E-state index contributed by atoms with van der Waals surface area (Å²) in [4.78, 5) is 16.4. The Labute approximate surface area is 118 Å². The molecule has 1 fully saturated rings. The molecule has 0 unspecified atom stereocenters. The van der Waals surface area contributed by atoms with Crippen LogP contribution in [0, 0.1) is 0 Å². The van der Waals surface area contributed by atoms with E-state index in [1.54, 1.807) is 12.3 Å². The van der Waals surface area contributed by atoms with Gasteiger partial charge in [-0.25, -0.2) is 4.98 Å². The van der Waals surface area contributed by atoms with E-state index in [2.05, 4.69) is 22.5 Å². The van der Waals surface area contributed by atoms with E-state index >= 15 is 0 Å². The molecule has 0 aliphatic heterocycles. The monoisotopic (exact) mass is 281 g/mol. The highest BCUT2D eigenvalue weighted by atomic mass is 35.5. The molecule has 4 nitrogen and oxygen atoms in total. The Hall–Kier alpha value is -1.29. The Morgan fingerprint density at radius 3 is 2.74 bits per heavy atom. The average molecular weight is 282 g/mol. The van der Waals surface area contributed by atoms with Gasteiger partial charge >= 0.3 is 0 Å².